The van der Waals surface area contributed by atoms with E-state index in [0.29, 0.717) is 11.3 Å². The van der Waals surface area contributed by atoms with Crippen LogP contribution in [0.25, 0.3) is 0 Å². The quantitative estimate of drug-likeness (QED) is 0.653. The molecule has 0 fully saturated rings. The molecule has 0 atom stereocenters. The van der Waals surface area contributed by atoms with Gasteiger partial charge in [0.2, 0.25) is 11.6 Å². The van der Waals surface area contributed by atoms with Gasteiger partial charge in [-0.15, -0.1) is 0 Å². The Kier molecular flexibility index (Phi) is 2.11. The van der Waals surface area contributed by atoms with Gasteiger partial charge in [-0.05, 0) is 31.0 Å². The van der Waals surface area contributed by atoms with Gasteiger partial charge in [-0.3, -0.25) is 9.59 Å². The first-order valence-electron chi connectivity index (χ1n) is 4.81. The number of fused-ring (bicyclic) bond motifs is 1. The van der Waals surface area contributed by atoms with Gasteiger partial charge in [-0.1, -0.05) is 0 Å². The summed E-state index contributed by atoms with van der Waals surface area (Å²) in [7, 11) is 1.55. The third-order valence-corrected chi connectivity index (χ3v) is 2.95. The standard InChI is InChI=1S/C12H12O3/c1-6-4-10(15-3)8-5-9(13)12(14)11(8)7(6)2/h4H,5H2,1-3H3. The van der Waals surface area contributed by atoms with Crippen molar-refractivity contribution in [3.63, 3.8) is 0 Å². The largest absolute Gasteiger partial charge is 0.496 e. The smallest absolute Gasteiger partial charge is 0.229 e. The Morgan fingerprint density at radius 1 is 1.27 bits per heavy atom. The molecule has 0 aliphatic heterocycles. The van der Waals surface area contributed by atoms with Crippen LogP contribution in [0.2, 0.25) is 0 Å². The summed E-state index contributed by atoms with van der Waals surface area (Å²) in [5.74, 6) is -0.0613. The van der Waals surface area contributed by atoms with Gasteiger partial charge in [0, 0.05) is 17.5 Å². The van der Waals surface area contributed by atoms with E-state index in [0.717, 1.165) is 16.7 Å². The number of hydrogen-bond acceptors (Lipinski definition) is 3. The van der Waals surface area contributed by atoms with E-state index in [1.54, 1.807) is 7.11 Å². The van der Waals surface area contributed by atoms with Gasteiger partial charge in [-0.25, -0.2) is 0 Å². The van der Waals surface area contributed by atoms with E-state index in [-0.39, 0.29) is 18.0 Å². The molecule has 1 aromatic rings. The number of hydrogen-bond donors (Lipinski definition) is 0. The number of carbonyl (C=O) groups excluding carboxylic acids is 2. The van der Waals surface area contributed by atoms with E-state index in [9.17, 15) is 9.59 Å². The van der Waals surface area contributed by atoms with Crippen molar-refractivity contribution in [1.82, 2.24) is 0 Å². The Morgan fingerprint density at radius 2 is 1.93 bits per heavy atom. The first-order chi connectivity index (χ1) is 7.06. The van der Waals surface area contributed by atoms with Gasteiger partial charge < -0.3 is 4.74 Å². The van der Waals surface area contributed by atoms with Crippen LogP contribution in [-0.4, -0.2) is 18.7 Å². The maximum atomic E-state index is 11.6. The third-order valence-electron chi connectivity index (χ3n) is 2.95. The van der Waals surface area contributed by atoms with Gasteiger partial charge in [0.25, 0.3) is 0 Å². The number of rotatable bonds is 1. The van der Waals surface area contributed by atoms with Gasteiger partial charge >= 0.3 is 0 Å². The molecule has 0 amide bonds. The van der Waals surface area contributed by atoms with Crippen LogP contribution in [0.3, 0.4) is 0 Å². The number of aryl methyl sites for hydroxylation is 1. The summed E-state index contributed by atoms with van der Waals surface area (Å²) < 4.78 is 5.19. The van der Waals surface area contributed by atoms with E-state index < -0.39 is 0 Å². The first-order valence-corrected chi connectivity index (χ1v) is 4.81. The molecule has 15 heavy (non-hydrogen) atoms. The number of ketones is 2. The van der Waals surface area contributed by atoms with Crippen molar-refractivity contribution in [2.24, 2.45) is 0 Å². The lowest BCUT2D eigenvalue weighted by Crippen LogP contribution is -2.07. The third kappa shape index (κ3) is 1.27. The first kappa shape index (κ1) is 9.90. The highest BCUT2D eigenvalue weighted by Crippen LogP contribution is 2.33. The van der Waals surface area contributed by atoms with Crippen molar-refractivity contribution in [3.8, 4) is 5.75 Å². The van der Waals surface area contributed by atoms with Crippen molar-refractivity contribution in [2.45, 2.75) is 20.3 Å². The minimum atomic E-state index is -0.371. The van der Waals surface area contributed by atoms with Crippen molar-refractivity contribution >= 4 is 11.6 Å². The Balaban J connectivity index is 2.76. The molecule has 0 aromatic heterocycles. The van der Waals surface area contributed by atoms with Crippen molar-refractivity contribution in [2.75, 3.05) is 7.11 Å². The molecule has 0 radical (unpaired) electrons. The van der Waals surface area contributed by atoms with Crippen LogP contribution < -0.4 is 4.74 Å². The summed E-state index contributed by atoms with van der Waals surface area (Å²) in [5, 5.41) is 0. The van der Waals surface area contributed by atoms with Crippen LogP contribution in [0, 0.1) is 13.8 Å². The number of benzene rings is 1. The molecular formula is C12H12O3. The lowest BCUT2D eigenvalue weighted by molar-refractivity contribution is -0.114. The predicted octanol–water partition coefficient (Wildman–Crippen LogP) is 1.62. The Bertz CT molecular complexity index is 472. The summed E-state index contributed by atoms with van der Waals surface area (Å²) in [6.45, 7) is 3.78. The molecule has 0 spiro atoms. The molecule has 3 heteroatoms. The Hall–Kier alpha value is -1.64. The summed E-state index contributed by atoms with van der Waals surface area (Å²) in [6, 6.07) is 1.88. The molecule has 1 aliphatic rings. The topological polar surface area (TPSA) is 43.4 Å². The van der Waals surface area contributed by atoms with Gasteiger partial charge in [-0.2, -0.15) is 0 Å². The summed E-state index contributed by atoms with van der Waals surface area (Å²) >= 11 is 0. The second kappa shape index (κ2) is 3.19. The fourth-order valence-corrected chi connectivity index (χ4v) is 1.98. The summed E-state index contributed by atoms with van der Waals surface area (Å²) in [6.07, 6.45) is 0.179. The SMILES string of the molecule is COc1cc(C)c(C)c2c1CC(=O)C2=O. The fraction of sp³-hybridized carbons (Fsp3) is 0.333. The van der Waals surface area contributed by atoms with Gasteiger partial charge in [0.15, 0.2) is 0 Å². The van der Waals surface area contributed by atoms with E-state index in [1.165, 1.54) is 0 Å². The zero-order valence-corrected chi connectivity index (χ0v) is 9.01. The lowest BCUT2D eigenvalue weighted by Gasteiger charge is -2.10. The van der Waals surface area contributed by atoms with Gasteiger partial charge in [0.05, 0.1) is 7.11 Å². The molecular weight excluding hydrogens is 192 g/mol. The molecule has 1 aliphatic carbocycles. The van der Waals surface area contributed by atoms with Gasteiger partial charge in [0.1, 0.15) is 5.75 Å². The highest BCUT2D eigenvalue weighted by Gasteiger charge is 2.33. The van der Waals surface area contributed by atoms with E-state index in [2.05, 4.69) is 0 Å². The van der Waals surface area contributed by atoms with Crippen LogP contribution in [0.4, 0.5) is 0 Å². The summed E-state index contributed by atoms with van der Waals surface area (Å²) in [4.78, 5) is 23.0. The molecule has 2 rings (SSSR count). The Morgan fingerprint density at radius 3 is 2.53 bits per heavy atom. The molecule has 0 saturated carbocycles. The van der Waals surface area contributed by atoms with Crippen LogP contribution in [-0.2, 0) is 11.2 Å². The zero-order valence-electron chi connectivity index (χ0n) is 9.01. The minimum absolute atomic E-state index is 0.179. The highest BCUT2D eigenvalue weighted by molar-refractivity contribution is 6.47. The molecule has 0 heterocycles. The highest BCUT2D eigenvalue weighted by atomic mass is 16.5. The lowest BCUT2D eigenvalue weighted by atomic mass is 9.98. The van der Waals surface area contributed by atoms with E-state index in [1.807, 2.05) is 19.9 Å². The van der Waals surface area contributed by atoms with E-state index in [4.69, 9.17) is 4.74 Å². The average Bonchev–Trinajstić information content (AvgIpc) is 2.50. The Labute approximate surface area is 88.1 Å². The molecule has 0 N–H and O–H groups in total. The van der Waals surface area contributed by atoms with Crippen LogP contribution >= 0.6 is 0 Å². The molecule has 1 aromatic carbocycles. The number of carbonyl (C=O) groups is 2. The van der Waals surface area contributed by atoms with E-state index >= 15 is 0 Å². The molecule has 78 valence electrons. The van der Waals surface area contributed by atoms with Crippen molar-refractivity contribution in [1.29, 1.82) is 0 Å². The molecule has 0 unspecified atom stereocenters. The fourth-order valence-electron chi connectivity index (χ4n) is 1.98. The average molecular weight is 204 g/mol. The van der Waals surface area contributed by atoms with Crippen LogP contribution in [0.1, 0.15) is 27.0 Å². The molecule has 0 bridgehead atoms. The number of methoxy groups -OCH3 is 1. The predicted molar refractivity (Wildman–Crippen MR) is 55.5 cm³/mol. The normalized spacial score (nSPS) is 14.3. The second-order valence-corrected chi connectivity index (χ2v) is 3.80. The second-order valence-electron chi connectivity index (χ2n) is 3.80. The molecule has 0 saturated heterocycles. The molecule has 3 nitrogen and oxygen atoms in total. The van der Waals surface area contributed by atoms with Crippen LogP contribution in [0.5, 0.6) is 5.75 Å². The monoisotopic (exact) mass is 204 g/mol. The zero-order chi connectivity index (χ0) is 11.2. The number of ether oxygens (including phenoxy) is 1. The summed E-state index contributed by atoms with van der Waals surface area (Å²) in [5.41, 5.74) is 3.17. The minimum Gasteiger partial charge on any atom is -0.496 e. The maximum Gasteiger partial charge on any atom is 0.229 e. The van der Waals surface area contributed by atoms with Crippen molar-refractivity contribution < 1.29 is 14.3 Å². The van der Waals surface area contributed by atoms with Crippen LogP contribution in [0.15, 0.2) is 6.07 Å². The number of Topliss-reactive ketones (excluding diaryl/α,β-unsaturated/α-hetero) is 2. The maximum absolute atomic E-state index is 11.6. The van der Waals surface area contributed by atoms with Crippen molar-refractivity contribution in [3.05, 3.63) is 28.3 Å².